The maximum absolute atomic E-state index is 11.0. The van der Waals surface area contributed by atoms with Crippen molar-refractivity contribution in [3.63, 3.8) is 0 Å². The number of aliphatic hydroxyl groups excluding tert-OH is 1. The number of nitrogens with one attached hydrogen (secondary N) is 2. The number of para-hydroxylation sites is 1. The summed E-state index contributed by atoms with van der Waals surface area (Å²) in [5.74, 6) is 0.614. The SMILES string of the molecule is CC(=O)Nc1cccc(NCC(O)COc2ccccc2)c1. The molecule has 116 valence electrons. The van der Waals surface area contributed by atoms with Gasteiger partial charge in [-0.15, -0.1) is 0 Å². The minimum absolute atomic E-state index is 0.117. The van der Waals surface area contributed by atoms with Gasteiger partial charge < -0.3 is 20.5 Å². The molecule has 0 aliphatic carbocycles. The van der Waals surface area contributed by atoms with Crippen molar-refractivity contribution in [2.45, 2.75) is 13.0 Å². The summed E-state index contributed by atoms with van der Waals surface area (Å²) in [5, 5.41) is 15.8. The average Bonchev–Trinajstić information content (AvgIpc) is 2.52. The monoisotopic (exact) mass is 300 g/mol. The highest BCUT2D eigenvalue weighted by molar-refractivity contribution is 5.89. The molecule has 2 aromatic rings. The Balaban J connectivity index is 1.78. The maximum Gasteiger partial charge on any atom is 0.221 e. The lowest BCUT2D eigenvalue weighted by Crippen LogP contribution is -2.26. The number of hydrogen-bond donors (Lipinski definition) is 3. The highest BCUT2D eigenvalue weighted by Gasteiger charge is 2.05. The quantitative estimate of drug-likeness (QED) is 0.735. The van der Waals surface area contributed by atoms with Crippen molar-refractivity contribution < 1.29 is 14.6 Å². The summed E-state index contributed by atoms with van der Waals surface area (Å²) in [7, 11) is 0. The average molecular weight is 300 g/mol. The zero-order valence-corrected chi connectivity index (χ0v) is 12.5. The van der Waals surface area contributed by atoms with Gasteiger partial charge in [-0.1, -0.05) is 24.3 Å². The van der Waals surface area contributed by atoms with Gasteiger partial charge in [0, 0.05) is 24.8 Å². The lowest BCUT2D eigenvalue weighted by atomic mass is 10.2. The van der Waals surface area contributed by atoms with Gasteiger partial charge in [0.15, 0.2) is 0 Å². The molecular formula is C17H20N2O3. The number of amides is 1. The van der Waals surface area contributed by atoms with E-state index in [2.05, 4.69) is 10.6 Å². The fourth-order valence-electron chi connectivity index (χ4n) is 1.91. The van der Waals surface area contributed by atoms with Crippen LogP contribution < -0.4 is 15.4 Å². The number of anilines is 2. The Kier molecular flexibility index (Phi) is 5.80. The largest absolute Gasteiger partial charge is 0.491 e. The second-order valence-corrected chi connectivity index (χ2v) is 4.92. The van der Waals surface area contributed by atoms with Gasteiger partial charge in [-0.25, -0.2) is 0 Å². The van der Waals surface area contributed by atoms with Gasteiger partial charge in [0.05, 0.1) is 0 Å². The fraction of sp³-hybridized carbons (Fsp3) is 0.235. The molecule has 0 fully saturated rings. The summed E-state index contributed by atoms with van der Waals surface area (Å²) in [6.07, 6.45) is -0.635. The third kappa shape index (κ3) is 5.46. The van der Waals surface area contributed by atoms with Gasteiger partial charge in [-0.3, -0.25) is 4.79 Å². The van der Waals surface area contributed by atoms with Crippen molar-refractivity contribution in [3.8, 4) is 5.75 Å². The minimum atomic E-state index is -0.635. The summed E-state index contributed by atoms with van der Waals surface area (Å²) in [5.41, 5.74) is 1.54. The molecule has 0 aromatic heterocycles. The molecule has 22 heavy (non-hydrogen) atoms. The molecular weight excluding hydrogens is 280 g/mol. The van der Waals surface area contributed by atoms with Gasteiger partial charge in [0.25, 0.3) is 0 Å². The lowest BCUT2D eigenvalue weighted by molar-refractivity contribution is -0.114. The van der Waals surface area contributed by atoms with E-state index in [1.165, 1.54) is 6.92 Å². The summed E-state index contributed by atoms with van der Waals surface area (Å²) in [4.78, 5) is 11.0. The molecule has 0 saturated heterocycles. The molecule has 0 saturated carbocycles. The van der Waals surface area contributed by atoms with Crippen LogP contribution in [0.15, 0.2) is 54.6 Å². The van der Waals surface area contributed by atoms with Crippen LogP contribution in [0.25, 0.3) is 0 Å². The third-order valence-corrected chi connectivity index (χ3v) is 2.91. The molecule has 0 radical (unpaired) electrons. The molecule has 0 heterocycles. The number of aliphatic hydroxyl groups is 1. The van der Waals surface area contributed by atoms with E-state index in [1.54, 1.807) is 0 Å². The maximum atomic E-state index is 11.0. The van der Waals surface area contributed by atoms with Crippen molar-refractivity contribution in [2.75, 3.05) is 23.8 Å². The Morgan fingerprint density at radius 3 is 2.59 bits per heavy atom. The number of hydrogen-bond acceptors (Lipinski definition) is 4. The predicted molar refractivity (Wildman–Crippen MR) is 87.2 cm³/mol. The Labute approximate surface area is 129 Å². The molecule has 3 N–H and O–H groups in total. The number of benzene rings is 2. The topological polar surface area (TPSA) is 70.6 Å². The predicted octanol–water partition coefficient (Wildman–Crippen LogP) is 2.50. The third-order valence-electron chi connectivity index (χ3n) is 2.91. The fourth-order valence-corrected chi connectivity index (χ4v) is 1.91. The first-order valence-electron chi connectivity index (χ1n) is 7.11. The van der Waals surface area contributed by atoms with E-state index < -0.39 is 6.10 Å². The van der Waals surface area contributed by atoms with Crippen molar-refractivity contribution in [1.29, 1.82) is 0 Å². The molecule has 0 spiro atoms. The zero-order chi connectivity index (χ0) is 15.8. The van der Waals surface area contributed by atoms with Crippen LogP contribution in [0, 0.1) is 0 Å². The van der Waals surface area contributed by atoms with Gasteiger partial charge in [-0.2, -0.15) is 0 Å². The van der Waals surface area contributed by atoms with Crippen LogP contribution in [-0.4, -0.2) is 30.3 Å². The Bertz CT molecular complexity index is 602. The van der Waals surface area contributed by atoms with E-state index in [-0.39, 0.29) is 12.5 Å². The number of ether oxygens (including phenoxy) is 1. The molecule has 2 rings (SSSR count). The normalized spacial score (nSPS) is 11.5. The number of carbonyl (C=O) groups excluding carboxylic acids is 1. The minimum Gasteiger partial charge on any atom is -0.491 e. The summed E-state index contributed by atoms with van der Waals surface area (Å²) in [6, 6.07) is 16.7. The first-order chi connectivity index (χ1) is 10.6. The molecule has 5 heteroatoms. The highest BCUT2D eigenvalue weighted by Crippen LogP contribution is 2.15. The van der Waals surface area contributed by atoms with Crippen LogP contribution in [0.1, 0.15) is 6.92 Å². The standard InChI is InChI=1S/C17H20N2O3/c1-13(20)19-15-7-5-6-14(10-15)18-11-16(21)12-22-17-8-3-2-4-9-17/h2-10,16,18,21H,11-12H2,1H3,(H,19,20). The van der Waals surface area contributed by atoms with Crippen molar-refractivity contribution in [2.24, 2.45) is 0 Å². The summed E-state index contributed by atoms with van der Waals surface area (Å²) >= 11 is 0. The van der Waals surface area contributed by atoms with Crippen LogP contribution in [0.3, 0.4) is 0 Å². The molecule has 1 atom stereocenters. The van der Waals surface area contributed by atoms with Gasteiger partial charge in [0.2, 0.25) is 5.91 Å². The van der Waals surface area contributed by atoms with E-state index in [9.17, 15) is 9.90 Å². The van der Waals surface area contributed by atoms with Gasteiger partial charge >= 0.3 is 0 Å². The van der Waals surface area contributed by atoms with E-state index in [1.807, 2.05) is 54.6 Å². The molecule has 0 aliphatic heterocycles. The molecule has 0 bridgehead atoms. The summed E-state index contributed by atoms with van der Waals surface area (Å²) < 4.78 is 5.49. The van der Waals surface area contributed by atoms with Crippen LogP contribution in [0.2, 0.25) is 0 Å². The van der Waals surface area contributed by atoms with Crippen LogP contribution in [0.5, 0.6) is 5.75 Å². The Morgan fingerprint density at radius 2 is 1.86 bits per heavy atom. The van der Waals surface area contributed by atoms with Crippen molar-refractivity contribution in [3.05, 3.63) is 54.6 Å². The number of rotatable bonds is 7. The zero-order valence-electron chi connectivity index (χ0n) is 12.5. The lowest BCUT2D eigenvalue weighted by Gasteiger charge is -2.14. The number of carbonyl (C=O) groups is 1. The van der Waals surface area contributed by atoms with Gasteiger partial charge in [0.1, 0.15) is 18.5 Å². The second-order valence-electron chi connectivity index (χ2n) is 4.92. The molecule has 2 aromatic carbocycles. The molecule has 1 unspecified atom stereocenters. The van der Waals surface area contributed by atoms with Crippen LogP contribution >= 0.6 is 0 Å². The van der Waals surface area contributed by atoms with E-state index in [0.717, 1.165) is 11.4 Å². The van der Waals surface area contributed by atoms with E-state index in [0.29, 0.717) is 12.2 Å². The van der Waals surface area contributed by atoms with Crippen molar-refractivity contribution in [1.82, 2.24) is 0 Å². The first kappa shape index (κ1) is 15.9. The molecule has 1 amide bonds. The summed E-state index contributed by atoms with van der Waals surface area (Å²) in [6.45, 7) is 2.03. The molecule has 0 aliphatic rings. The van der Waals surface area contributed by atoms with Crippen LogP contribution in [0.4, 0.5) is 11.4 Å². The Morgan fingerprint density at radius 1 is 1.14 bits per heavy atom. The highest BCUT2D eigenvalue weighted by atomic mass is 16.5. The second kappa shape index (κ2) is 8.05. The first-order valence-corrected chi connectivity index (χ1v) is 7.11. The smallest absolute Gasteiger partial charge is 0.221 e. The Hall–Kier alpha value is -2.53. The van der Waals surface area contributed by atoms with E-state index in [4.69, 9.17) is 4.74 Å². The van der Waals surface area contributed by atoms with Crippen LogP contribution in [-0.2, 0) is 4.79 Å². The van der Waals surface area contributed by atoms with Gasteiger partial charge in [-0.05, 0) is 30.3 Å². The van der Waals surface area contributed by atoms with Crippen molar-refractivity contribution >= 4 is 17.3 Å². The van der Waals surface area contributed by atoms with E-state index >= 15 is 0 Å². The molecule has 5 nitrogen and oxygen atoms in total.